The van der Waals surface area contributed by atoms with E-state index in [0.717, 1.165) is 30.7 Å². The van der Waals surface area contributed by atoms with Crippen LogP contribution in [0.4, 0.5) is 0 Å². The summed E-state index contributed by atoms with van der Waals surface area (Å²) in [6, 6.07) is 7.97. The molecule has 1 saturated carbocycles. The van der Waals surface area contributed by atoms with E-state index < -0.39 is 0 Å². The zero-order valence-corrected chi connectivity index (χ0v) is 18.3. The Balaban J connectivity index is 1.21. The lowest BCUT2D eigenvalue weighted by atomic mass is 9.85. The minimum Gasteiger partial charge on any atom is -0.493 e. The number of nitrogens with one attached hydrogen (secondary N) is 2. The number of nitrogens with zero attached hydrogens (tertiary/aromatic N) is 2. The van der Waals surface area contributed by atoms with Crippen LogP contribution in [-0.4, -0.2) is 55.5 Å². The fourth-order valence-electron chi connectivity index (χ4n) is 4.97. The fraction of sp³-hybridized carbons (Fsp3) is 0.542. The predicted molar refractivity (Wildman–Crippen MR) is 120 cm³/mol. The van der Waals surface area contributed by atoms with Crippen LogP contribution >= 0.6 is 0 Å². The summed E-state index contributed by atoms with van der Waals surface area (Å²) in [5.74, 6) is 1.86. The standard InChI is InChI=1S/C24H32N4O3/c1-3-25-24(26-11-6-14-31-19-8-5-4-7-16(19)2)27-12-13-28-22(29)20-17-9-10-18(15-17)21(20)23(28)30/h4-5,7-10,17-18,20-21H,3,6,11-15H2,1-2H3,(H2,25,26,27). The van der Waals surface area contributed by atoms with Gasteiger partial charge in [-0.1, -0.05) is 30.4 Å². The molecule has 4 atom stereocenters. The van der Waals surface area contributed by atoms with Crippen molar-refractivity contribution in [3.8, 4) is 5.75 Å². The number of imide groups is 1. The van der Waals surface area contributed by atoms with Crippen LogP contribution < -0.4 is 15.4 Å². The number of aryl methyl sites for hydroxylation is 1. The highest BCUT2D eigenvalue weighted by Gasteiger charge is 2.58. The molecule has 2 N–H and O–H groups in total. The summed E-state index contributed by atoms with van der Waals surface area (Å²) >= 11 is 0. The number of rotatable bonds is 9. The third-order valence-corrected chi connectivity index (χ3v) is 6.46. The number of guanidine groups is 1. The van der Waals surface area contributed by atoms with E-state index in [2.05, 4.69) is 27.8 Å². The highest BCUT2D eigenvalue weighted by Crippen LogP contribution is 2.52. The van der Waals surface area contributed by atoms with Gasteiger partial charge in [0.05, 0.1) is 18.4 Å². The number of hydrogen-bond acceptors (Lipinski definition) is 4. The quantitative estimate of drug-likeness (QED) is 0.209. The largest absolute Gasteiger partial charge is 0.493 e. The van der Waals surface area contributed by atoms with Gasteiger partial charge in [-0.3, -0.25) is 19.5 Å². The maximum atomic E-state index is 12.8. The summed E-state index contributed by atoms with van der Waals surface area (Å²) in [5, 5.41) is 6.46. The summed E-state index contributed by atoms with van der Waals surface area (Å²) in [4.78, 5) is 31.5. The smallest absolute Gasteiger partial charge is 0.233 e. The van der Waals surface area contributed by atoms with E-state index in [9.17, 15) is 9.59 Å². The third-order valence-electron chi connectivity index (χ3n) is 6.46. The van der Waals surface area contributed by atoms with Crippen LogP contribution in [0, 0.1) is 30.6 Å². The average molecular weight is 425 g/mol. The molecule has 4 unspecified atom stereocenters. The van der Waals surface area contributed by atoms with Crippen molar-refractivity contribution in [2.24, 2.45) is 28.7 Å². The highest BCUT2D eigenvalue weighted by atomic mass is 16.5. The van der Waals surface area contributed by atoms with E-state index in [0.29, 0.717) is 32.2 Å². The van der Waals surface area contributed by atoms with Crippen molar-refractivity contribution < 1.29 is 14.3 Å². The normalized spacial score (nSPS) is 26.5. The molecule has 7 nitrogen and oxygen atoms in total. The molecule has 0 spiro atoms. The second kappa shape index (κ2) is 9.54. The zero-order chi connectivity index (χ0) is 21.8. The molecular formula is C24H32N4O3. The van der Waals surface area contributed by atoms with E-state index in [-0.39, 0.29) is 35.5 Å². The molecule has 166 valence electrons. The number of carbonyl (C=O) groups is 2. The van der Waals surface area contributed by atoms with Crippen molar-refractivity contribution in [2.75, 3.05) is 32.8 Å². The molecule has 7 heteroatoms. The van der Waals surface area contributed by atoms with Crippen LogP contribution in [0.5, 0.6) is 5.75 Å². The van der Waals surface area contributed by atoms with Crippen LogP contribution in [0.25, 0.3) is 0 Å². The third kappa shape index (κ3) is 4.45. The Labute approximate surface area is 183 Å². The number of benzene rings is 1. The number of ether oxygens (including phenoxy) is 1. The molecule has 31 heavy (non-hydrogen) atoms. The Morgan fingerprint density at radius 2 is 1.84 bits per heavy atom. The van der Waals surface area contributed by atoms with Gasteiger partial charge in [0.25, 0.3) is 0 Å². The van der Waals surface area contributed by atoms with E-state index in [4.69, 9.17) is 4.74 Å². The minimum atomic E-state index is -0.127. The lowest BCUT2D eigenvalue weighted by molar-refractivity contribution is -0.140. The molecule has 1 aromatic rings. The highest BCUT2D eigenvalue weighted by molar-refractivity contribution is 6.06. The molecule has 1 aliphatic heterocycles. The second-order valence-electron chi connectivity index (χ2n) is 8.48. The van der Waals surface area contributed by atoms with E-state index >= 15 is 0 Å². The van der Waals surface area contributed by atoms with Crippen LogP contribution in [0.1, 0.15) is 25.3 Å². The van der Waals surface area contributed by atoms with Crippen molar-refractivity contribution >= 4 is 17.8 Å². The number of carbonyl (C=O) groups excluding carboxylic acids is 2. The molecule has 1 heterocycles. The van der Waals surface area contributed by atoms with Gasteiger partial charge < -0.3 is 15.4 Å². The van der Waals surface area contributed by atoms with Crippen LogP contribution in [0.3, 0.4) is 0 Å². The van der Waals surface area contributed by atoms with Gasteiger partial charge in [0.15, 0.2) is 5.96 Å². The molecule has 2 aliphatic carbocycles. The van der Waals surface area contributed by atoms with Crippen LogP contribution in [0.15, 0.2) is 41.4 Å². The van der Waals surface area contributed by atoms with E-state index in [1.165, 1.54) is 4.90 Å². The molecule has 1 saturated heterocycles. The molecule has 3 aliphatic rings. The Kier molecular flexibility index (Phi) is 6.59. The Hall–Kier alpha value is -2.83. The SMILES string of the molecule is CCNC(=NCCCOc1ccccc1C)NCCN1C(=O)C2C3C=CC(C3)C2C1=O. The number of aliphatic imine (C=N–C) groups is 1. The lowest BCUT2D eigenvalue weighted by Crippen LogP contribution is -2.43. The van der Waals surface area contributed by atoms with Crippen molar-refractivity contribution in [1.82, 2.24) is 15.5 Å². The van der Waals surface area contributed by atoms with Crippen LogP contribution in [-0.2, 0) is 9.59 Å². The summed E-state index contributed by atoms with van der Waals surface area (Å²) in [7, 11) is 0. The topological polar surface area (TPSA) is 83.0 Å². The molecule has 2 amide bonds. The Morgan fingerprint density at radius 1 is 1.13 bits per heavy atom. The number of allylic oxidation sites excluding steroid dienone is 2. The molecular weight excluding hydrogens is 392 g/mol. The first-order valence-corrected chi connectivity index (χ1v) is 11.3. The van der Waals surface area contributed by atoms with Crippen molar-refractivity contribution in [3.63, 3.8) is 0 Å². The number of hydrogen-bond donors (Lipinski definition) is 2. The summed E-state index contributed by atoms with van der Waals surface area (Å²) < 4.78 is 5.81. The zero-order valence-electron chi connectivity index (χ0n) is 18.3. The maximum absolute atomic E-state index is 12.8. The molecule has 0 aromatic heterocycles. The van der Waals surface area contributed by atoms with Gasteiger partial charge in [-0.15, -0.1) is 0 Å². The maximum Gasteiger partial charge on any atom is 0.233 e. The van der Waals surface area contributed by atoms with Gasteiger partial charge in [-0.25, -0.2) is 0 Å². The predicted octanol–water partition coefficient (Wildman–Crippen LogP) is 2.13. The van der Waals surface area contributed by atoms with Gasteiger partial charge in [-0.2, -0.15) is 0 Å². The Morgan fingerprint density at radius 3 is 2.52 bits per heavy atom. The first kappa shape index (κ1) is 21.4. The molecule has 4 rings (SSSR count). The molecule has 0 radical (unpaired) electrons. The number of amides is 2. The van der Waals surface area contributed by atoms with Gasteiger partial charge in [0.1, 0.15) is 5.75 Å². The first-order chi connectivity index (χ1) is 15.1. The molecule has 2 bridgehead atoms. The van der Waals surface area contributed by atoms with Crippen molar-refractivity contribution in [2.45, 2.75) is 26.7 Å². The average Bonchev–Trinajstić information content (AvgIpc) is 3.44. The number of fused-ring (bicyclic) bond motifs is 5. The van der Waals surface area contributed by atoms with Gasteiger partial charge in [0, 0.05) is 32.6 Å². The van der Waals surface area contributed by atoms with E-state index in [1.54, 1.807) is 0 Å². The minimum absolute atomic E-state index is 0.00365. The Bertz CT molecular complexity index is 851. The van der Waals surface area contributed by atoms with Crippen molar-refractivity contribution in [1.29, 1.82) is 0 Å². The first-order valence-electron chi connectivity index (χ1n) is 11.3. The van der Waals surface area contributed by atoms with E-state index in [1.807, 2.05) is 38.1 Å². The summed E-state index contributed by atoms with van der Waals surface area (Å²) in [5.41, 5.74) is 1.12. The van der Waals surface area contributed by atoms with Gasteiger partial charge in [0.2, 0.25) is 11.8 Å². The number of para-hydroxylation sites is 1. The van der Waals surface area contributed by atoms with Gasteiger partial charge >= 0.3 is 0 Å². The molecule has 1 aromatic carbocycles. The monoisotopic (exact) mass is 424 g/mol. The second-order valence-corrected chi connectivity index (χ2v) is 8.48. The number of likely N-dealkylation sites (tertiary alicyclic amines) is 1. The summed E-state index contributed by atoms with van der Waals surface area (Å²) in [6.45, 7) is 6.88. The lowest BCUT2D eigenvalue weighted by Gasteiger charge is -2.18. The van der Waals surface area contributed by atoms with Crippen LogP contribution in [0.2, 0.25) is 0 Å². The molecule has 2 fully saturated rings. The fourth-order valence-corrected chi connectivity index (χ4v) is 4.97. The summed E-state index contributed by atoms with van der Waals surface area (Å²) in [6.07, 6.45) is 6.01. The van der Waals surface area contributed by atoms with Crippen molar-refractivity contribution in [3.05, 3.63) is 42.0 Å². The van der Waals surface area contributed by atoms with Gasteiger partial charge in [-0.05, 0) is 43.7 Å².